The number of aromatic nitrogens is 1. The number of hydrogen-bond donors (Lipinski definition) is 1. The summed E-state index contributed by atoms with van der Waals surface area (Å²) in [7, 11) is 0. The second-order valence-corrected chi connectivity index (χ2v) is 3.21. The van der Waals surface area contributed by atoms with Crippen molar-refractivity contribution in [2.45, 2.75) is 13.0 Å². The molecule has 0 aromatic carbocycles. The van der Waals surface area contributed by atoms with Crippen molar-refractivity contribution < 1.29 is 4.42 Å². The Labute approximate surface area is 82.6 Å². The van der Waals surface area contributed by atoms with Gasteiger partial charge in [-0.25, -0.2) is 0 Å². The first kappa shape index (κ1) is 8.97. The summed E-state index contributed by atoms with van der Waals surface area (Å²) >= 11 is 0. The van der Waals surface area contributed by atoms with E-state index in [1.54, 1.807) is 18.7 Å². The van der Waals surface area contributed by atoms with E-state index in [4.69, 9.17) is 10.2 Å². The van der Waals surface area contributed by atoms with Crippen molar-refractivity contribution in [3.8, 4) is 0 Å². The highest BCUT2D eigenvalue weighted by Gasteiger charge is 2.12. The lowest BCUT2D eigenvalue weighted by atomic mass is 10.0. The standard InChI is InChI=1S/C11H12N2O/c1-8-10(3-2-5-13-8)11(12)9-4-6-14-7-9/h2-7,11H,12H2,1H3. The minimum Gasteiger partial charge on any atom is -0.472 e. The fourth-order valence-corrected chi connectivity index (χ4v) is 1.46. The van der Waals surface area contributed by atoms with Crippen molar-refractivity contribution in [3.63, 3.8) is 0 Å². The summed E-state index contributed by atoms with van der Waals surface area (Å²) in [5.74, 6) is 0. The summed E-state index contributed by atoms with van der Waals surface area (Å²) in [5, 5.41) is 0. The monoisotopic (exact) mass is 188 g/mol. The zero-order valence-corrected chi connectivity index (χ0v) is 7.97. The molecule has 0 saturated heterocycles. The number of rotatable bonds is 2. The highest BCUT2D eigenvalue weighted by atomic mass is 16.3. The van der Waals surface area contributed by atoms with Crippen LogP contribution in [-0.4, -0.2) is 4.98 Å². The molecule has 2 heterocycles. The molecule has 0 aliphatic heterocycles. The minimum absolute atomic E-state index is 0.151. The van der Waals surface area contributed by atoms with Gasteiger partial charge in [0.2, 0.25) is 0 Å². The number of nitrogens with two attached hydrogens (primary N) is 1. The highest BCUT2D eigenvalue weighted by molar-refractivity contribution is 5.30. The van der Waals surface area contributed by atoms with Gasteiger partial charge in [-0.2, -0.15) is 0 Å². The van der Waals surface area contributed by atoms with Crippen LogP contribution in [0, 0.1) is 6.92 Å². The lowest BCUT2D eigenvalue weighted by Gasteiger charge is -2.11. The molecule has 14 heavy (non-hydrogen) atoms. The Balaban J connectivity index is 2.37. The molecular formula is C11H12N2O. The van der Waals surface area contributed by atoms with Gasteiger partial charge in [0.15, 0.2) is 0 Å². The van der Waals surface area contributed by atoms with E-state index in [1.165, 1.54) is 0 Å². The molecule has 0 aliphatic rings. The Kier molecular flexibility index (Phi) is 2.33. The van der Waals surface area contributed by atoms with Crippen molar-refractivity contribution in [2.75, 3.05) is 0 Å². The number of aryl methyl sites for hydroxylation is 1. The van der Waals surface area contributed by atoms with Gasteiger partial charge in [0, 0.05) is 17.5 Å². The van der Waals surface area contributed by atoms with Gasteiger partial charge in [0.05, 0.1) is 18.6 Å². The SMILES string of the molecule is Cc1ncccc1C(N)c1ccoc1. The van der Waals surface area contributed by atoms with Gasteiger partial charge in [-0.3, -0.25) is 4.98 Å². The van der Waals surface area contributed by atoms with Gasteiger partial charge in [-0.05, 0) is 24.6 Å². The summed E-state index contributed by atoms with van der Waals surface area (Å²) in [4.78, 5) is 4.20. The number of furan rings is 1. The smallest absolute Gasteiger partial charge is 0.0953 e. The fourth-order valence-electron chi connectivity index (χ4n) is 1.46. The lowest BCUT2D eigenvalue weighted by molar-refractivity contribution is 0.562. The van der Waals surface area contributed by atoms with Crippen LogP contribution in [0.25, 0.3) is 0 Å². The predicted octanol–water partition coefficient (Wildman–Crippen LogP) is 2.03. The van der Waals surface area contributed by atoms with Gasteiger partial charge >= 0.3 is 0 Å². The molecule has 0 fully saturated rings. The third-order valence-corrected chi connectivity index (χ3v) is 2.29. The first-order valence-electron chi connectivity index (χ1n) is 4.48. The summed E-state index contributed by atoms with van der Waals surface area (Å²) < 4.78 is 5.00. The normalized spacial score (nSPS) is 12.7. The summed E-state index contributed by atoms with van der Waals surface area (Å²) in [6.45, 7) is 1.95. The van der Waals surface area contributed by atoms with Crippen LogP contribution in [0.3, 0.4) is 0 Å². The molecular weight excluding hydrogens is 176 g/mol. The van der Waals surface area contributed by atoms with Crippen LogP contribution in [0.5, 0.6) is 0 Å². The highest BCUT2D eigenvalue weighted by Crippen LogP contribution is 2.21. The molecule has 72 valence electrons. The van der Waals surface area contributed by atoms with Crippen LogP contribution in [0.15, 0.2) is 41.3 Å². The Morgan fingerprint density at radius 2 is 2.29 bits per heavy atom. The third kappa shape index (κ3) is 1.54. The Bertz CT molecular complexity index is 409. The molecule has 0 aliphatic carbocycles. The maximum absolute atomic E-state index is 6.06. The zero-order valence-electron chi connectivity index (χ0n) is 7.97. The molecule has 2 aromatic rings. The second-order valence-electron chi connectivity index (χ2n) is 3.21. The predicted molar refractivity (Wildman–Crippen MR) is 53.7 cm³/mol. The summed E-state index contributed by atoms with van der Waals surface area (Å²) in [5.41, 5.74) is 9.03. The van der Waals surface area contributed by atoms with E-state index in [9.17, 15) is 0 Å². The summed E-state index contributed by atoms with van der Waals surface area (Å²) in [6, 6.07) is 5.60. The van der Waals surface area contributed by atoms with Crippen molar-refractivity contribution in [1.29, 1.82) is 0 Å². The van der Waals surface area contributed by atoms with Crippen LogP contribution in [0.2, 0.25) is 0 Å². The van der Waals surface area contributed by atoms with E-state index >= 15 is 0 Å². The maximum Gasteiger partial charge on any atom is 0.0953 e. The molecule has 2 aromatic heterocycles. The van der Waals surface area contributed by atoms with Crippen LogP contribution in [-0.2, 0) is 0 Å². The topological polar surface area (TPSA) is 52.0 Å². The van der Waals surface area contributed by atoms with E-state index in [-0.39, 0.29) is 6.04 Å². The average Bonchev–Trinajstić information content (AvgIpc) is 2.70. The Morgan fingerprint density at radius 1 is 1.43 bits per heavy atom. The molecule has 2 rings (SSSR count). The van der Waals surface area contributed by atoms with Crippen molar-refractivity contribution in [1.82, 2.24) is 4.98 Å². The number of nitrogens with zero attached hydrogens (tertiary/aromatic N) is 1. The quantitative estimate of drug-likeness (QED) is 0.784. The number of pyridine rings is 1. The molecule has 0 saturated carbocycles. The molecule has 2 N–H and O–H groups in total. The van der Waals surface area contributed by atoms with Gasteiger partial charge in [0.25, 0.3) is 0 Å². The molecule has 3 nitrogen and oxygen atoms in total. The van der Waals surface area contributed by atoms with Gasteiger partial charge in [-0.15, -0.1) is 0 Å². The van der Waals surface area contributed by atoms with Gasteiger partial charge in [-0.1, -0.05) is 6.07 Å². The molecule has 1 atom stereocenters. The first-order valence-corrected chi connectivity index (χ1v) is 4.48. The molecule has 3 heteroatoms. The van der Waals surface area contributed by atoms with E-state index < -0.39 is 0 Å². The van der Waals surface area contributed by atoms with Crippen molar-refractivity contribution >= 4 is 0 Å². The van der Waals surface area contributed by atoms with E-state index in [0.717, 1.165) is 16.8 Å². The minimum atomic E-state index is -0.151. The van der Waals surface area contributed by atoms with E-state index in [2.05, 4.69) is 4.98 Å². The molecule has 1 unspecified atom stereocenters. The zero-order chi connectivity index (χ0) is 9.97. The van der Waals surface area contributed by atoms with Crippen molar-refractivity contribution in [2.24, 2.45) is 5.73 Å². The third-order valence-electron chi connectivity index (χ3n) is 2.29. The second kappa shape index (κ2) is 3.64. The van der Waals surface area contributed by atoms with Gasteiger partial charge < -0.3 is 10.2 Å². The van der Waals surface area contributed by atoms with Crippen molar-refractivity contribution in [3.05, 3.63) is 53.7 Å². The van der Waals surface area contributed by atoms with E-state index in [0.29, 0.717) is 0 Å². The van der Waals surface area contributed by atoms with E-state index in [1.807, 2.05) is 25.1 Å². The molecule has 0 spiro atoms. The van der Waals surface area contributed by atoms with Crippen LogP contribution in [0.4, 0.5) is 0 Å². The first-order chi connectivity index (χ1) is 6.79. The fraction of sp³-hybridized carbons (Fsp3) is 0.182. The van der Waals surface area contributed by atoms with Gasteiger partial charge in [0.1, 0.15) is 0 Å². The lowest BCUT2D eigenvalue weighted by Crippen LogP contribution is -2.12. The van der Waals surface area contributed by atoms with Crippen LogP contribution < -0.4 is 5.73 Å². The maximum atomic E-state index is 6.06. The number of hydrogen-bond acceptors (Lipinski definition) is 3. The molecule has 0 radical (unpaired) electrons. The van der Waals surface area contributed by atoms with Crippen LogP contribution in [0.1, 0.15) is 22.9 Å². The average molecular weight is 188 g/mol. The molecule has 0 bridgehead atoms. The molecule has 0 amide bonds. The largest absolute Gasteiger partial charge is 0.472 e. The van der Waals surface area contributed by atoms with Crippen LogP contribution >= 0.6 is 0 Å². The Morgan fingerprint density at radius 3 is 2.93 bits per heavy atom. The summed E-state index contributed by atoms with van der Waals surface area (Å²) in [6.07, 6.45) is 5.05. The Hall–Kier alpha value is -1.61.